The Bertz CT molecular complexity index is 934. The Morgan fingerprint density at radius 2 is 1.86 bits per heavy atom. The Morgan fingerprint density at radius 3 is 2.59 bits per heavy atom. The Labute approximate surface area is 172 Å². The summed E-state index contributed by atoms with van der Waals surface area (Å²) in [5, 5.41) is 7.29. The van der Waals surface area contributed by atoms with Gasteiger partial charge >= 0.3 is 0 Å². The van der Waals surface area contributed by atoms with Crippen LogP contribution in [-0.2, 0) is 13.1 Å². The molecule has 0 saturated carbocycles. The number of rotatable bonds is 6. The van der Waals surface area contributed by atoms with Crippen molar-refractivity contribution in [3.8, 4) is 5.69 Å². The lowest BCUT2D eigenvalue weighted by molar-refractivity contribution is 0.0950. The molecule has 1 N–H and O–H groups in total. The highest BCUT2D eigenvalue weighted by Crippen LogP contribution is 2.21. The third-order valence-electron chi connectivity index (χ3n) is 5.77. The topological polar surface area (TPSA) is 50.2 Å². The van der Waals surface area contributed by atoms with E-state index in [2.05, 4.69) is 40.4 Å². The van der Waals surface area contributed by atoms with Crippen LogP contribution in [0.4, 0.5) is 0 Å². The smallest absolute Gasteiger partial charge is 0.251 e. The molecule has 1 amide bonds. The molecular weight excluding hydrogens is 360 g/mol. The van der Waals surface area contributed by atoms with Crippen molar-refractivity contribution in [1.82, 2.24) is 20.0 Å². The first-order chi connectivity index (χ1) is 14.2. The zero-order valence-electron chi connectivity index (χ0n) is 16.9. The minimum atomic E-state index is -0.0573. The van der Waals surface area contributed by atoms with Gasteiger partial charge in [0.2, 0.25) is 0 Å². The highest BCUT2D eigenvalue weighted by Gasteiger charge is 2.19. The molecule has 5 heteroatoms. The predicted molar refractivity (Wildman–Crippen MR) is 115 cm³/mol. The summed E-state index contributed by atoms with van der Waals surface area (Å²) in [4.78, 5) is 15.2. The van der Waals surface area contributed by atoms with Crippen molar-refractivity contribution < 1.29 is 4.79 Å². The van der Waals surface area contributed by atoms with E-state index in [4.69, 9.17) is 0 Å². The van der Waals surface area contributed by atoms with Gasteiger partial charge < -0.3 is 5.32 Å². The highest BCUT2D eigenvalue weighted by atomic mass is 16.1. The number of hydrogen-bond donors (Lipinski definition) is 1. The number of amides is 1. The van der Waals surface area contributed by atoms with Gasteiger partial charge in [0.1, 0.15) is 0 Å². The standard InChI is InChI=1S/C24H28N4O/c1-19-7-4-5-15-27(19)18-22-9-3-2-8-21(22)17-25-24(29)20-10-12-23(13-11-20)28-16-6-14-26-28/h2-3,6,8-14,16,19H,4-5,7,15,17-18H2,1H3,(H,25,29). The summed E-state index contributed by atoms with van der Waals surface area (Å²) in [7, 11) is 0. The average molecular weight is 389 g/mol. The van der Waals surface area contributed by atoms with Gasteiger partial charge in [0, 0.05) is 37.1 Å². The Hall–Kier alpha value is -2.92. The number of hydrogen-bond acceptors (Lipinski definition) is 3. The molecule has 2 aromatic carbocycles. The molecule has 1 unspecified atom stereocenters. The third kappa shape index (κ3) is 4.74. The maximum absolute atomic E-state index is 12.6. The van der Waals surface area contributed by atoms with Crippen molar-refractivity contribution in [2.75, 3.05) is 6.54 Å². The number of benzene rings is 2. The summed E-state index contributed by atoms with van der Waals surface area (Å²) < 4.78 is 1.78. The van der Waals surface area contributed by atoms with Crippen LogP contribution in [0.3, 0.4) is 0 Å². The first kappa shape index (κ1) is 19.4. The molecule has 0 radical (unpaired) electrons. The number of nitrogens with zero attached hydrogens (tertiary/aromatic N) is 3. The second-order valence-electron chi connectivity index (χ2n) is 7.76. The molecule has 1 aliphatic heterocycles. The normalized spacial score (nSPS) is 17.2. The number of nitrogens with one attached hydrogen (secondary N) is 1. The number of piperidine rings is 1. The van der Waals surface area contributed by atoms with Crippen LogP contribution >= 0.6 is 0 Å². The summed E-state index contributed by atoms with van der Waals surface area (Å²) in [6.45, 7) is 4.96. The van der Waals surface area contributed by atoms with E-state index < -0.39 is 0 Å². The Kier molecular flexibility index (Phi) is 6.06. The number of carbonyl (C=O) groups is 1. The SMILES string of the molecule is CC1CCCCN1Cc1ccccc1CNC(=O)c1ccc(-n2cccn2)cc1. The van der Waals surface area contributed by atoms with E-state index in [1.54, 1.807) is 10.9 Å². The van der Waals surface area contributed by atoms with Crippen molar-refractivity contribution in [3.63, 3.8) is 0 Å². The van der Waals surface area contributed by atoms with Gasteiger partial charge in [0.15, 0.2) is 0 Å². The number of aromatic nitrogens is 2. The van der Waals surface area contributed by atoms with Crippen LogP contribution in [-0.4, -0.2) is 33.2 Å². The first-order valence-corrected chi connectivity index (χ1v) is 10.4. The van der Waals surface area contributed by atoms with Crippen molar-refractivity contribution in [3.05, 3.63) is 83.7 Å². The molecule has 1 saturated heterocycles. The molecule has 29 heavy (non-hydrogen) atoms. The fraction of sp³-hybridized carbons (Fsp3) is 0.333. The van der Waals surface area contributed by atoms with Crippen molar-refractivity contribution in [2.24, 2.45) is 0 Å². The maximum atomic E-state index is 12.6. The maximum Gasteiger partial charge on any atom is 0.251 e. The van der Waals surface area contributed by atoms with Gasteiger partial charge in [-0.05, 0) is 67.8 Å². The number of likely N-dealkylation sites (tertiary alicyclic amines) is 1. The van der Waals surface area contributed by atoms with E-state index in [1.165, 1.54) is 30.4 Å². The van der Waals surface area contributed by atoms with Crippen LogP contribution in [0, 0.1) is 0 Å². The lowest BCUT2D eigenvalue weighted by atomic mass is 10.0. The molecule has 1 aliphatic rings. The summed E-state index contributed by atoms with van der Waals surface area (Å²) in [5.74, 6) is -0.0573. The van der Waals surface area contributed by atoms with Crippen molar-refractivity contribution >= 4 is 5.91 Å². The van der Waals surface area contributed by atoms with Crippen molar-refractivity contribution in [1.29, 1.82) is 0 Å². The lowest BCUT2D eigenvalue weighted by Gasteiger charge is -2.33. The molecule has 0 spiro atoms. The molecule has 3 aromatic rings. The summed E-state index contributed by atoms with van der Waals surface area (Å²) >= 11 is 0. The van der Waals surface area contributed by atoms with Crippen molar-refractivity contribution in [2.45, 2.75) is 45.3 Å². The van der Waals surface area contributed by atoms with Gasteiger partial charge in [0.25, 0.3) is 5.91 Å². The second kappa shape index (κ2) is 9.05. The zero-order valence-corrected chi connectivity index (χ0v) is 16.9. The highest BCUT2D eigenvalue weighted by molar-refractivity contribution is 5.94. The zero-order chi connectivity index (χ0) is 20.1. The minimum absolute atomic E-state index is 0.0573. The van der Waals surface area contributed by atoms with Crippen LogP contribution in [0.5, 0.6) is 0 Å². The summed E-state index contributed by atoms with van der Waals surface area (Å²) in [6.07, 6.45) is 7.50. The van der Waals surface area contributed by atoms with Crippen LogP contribution in [0.1, 0.15) is 47.7 Å². The molecule has 1 atom stereocenters. The fourth-order valence-electron chi connectivity index (χ4n) is 3.96. The van der Waals surface area contributed by atoms with Gasteiger partial charge in [-0.2, -0.15) is 5.10 Å². The summed E-state index contributed by atoms with van der Waals surface area (Å²) in [6, 6.07) is 18.4. The van der Waals surface area contributed by atoms with Crippen LogP contribution in [0.2, 0.25) is 0 Å². The van der Waals surface area contributed by atoms with Gasteiger partial charge in [0.05, 0.1) is 5.69 Å². The average Bonchev–Trinajstić information content (AvgIpc) is 3.29. The molecule has 2 heterocycles. The predicted octanol–water partition coefficient (Wildman–Crippen LogP) is 4.18. The third-order valence-corrected chi connectivity index (χ3v) is 5.77. The molecule has 150 valence electrons. The first-order valence-electron chi connectivity index (χ1n) is 10.4. The van der Waals surface area contributed by atoms with E-state index in [0.717, 1.165) is 18.8 Å². The second-order valence-corrected chi connectivity index (χ2v) is 7.76. The number of carbonyl (C=O) groups excluding carboxylic acids is 1. The molecule has 4 rings (SSSR count). The van der Waals surface area contributed by atoms with E-state index in [0.29, 0.717) is 18.2 Å². The van der Waals surface area contributed by atoms with E-state index in [1.807, 2.05) is 42.6 Å². The minimum Gasteiger partial charge on any atom is -0.348 e. The summed E-state index contributed by atoms with van der Waals surface area (Å²) in [5.41, 5.74) is 4.08. The molecule has 1 fully saturated rings. The Balaban J connectivity index is 1.39. The molecule has 5 nitrogen and oxygen atoms in total. The molecule has 0 aliphatic carbocycles. The Morgan fingerprint density at radius 1 is 1.07 bits per heavy atom. The molecule has 0 bridgehead atoms. The quantitative estimate of drug-likeness (QED) is 0.689. The van der Waals surface area contributed by atoms with E-state index in [-0.39, 0.29) is 5.91 Å². The van der Waals surface area contributed by atoms with Gasteiger partial charge in [-0.3, -0.25) is 9.69 Å². The van der Waals surface area contributed by atoms with Gasteiger partial charge in [-0.1, -0.05) is 30.7 Å². The molecule has 1 aromatic heterocycles. The van der Waals surface area contributed by atoms with Gasteiger partial charge in [-0.25, -0.2) is 4.68 Å². The van der Waals surface area contributed by atoms with E-state index >= 15 is 0 Å². The van der Waals surface area contributed by atoms with E-state index in [9.17, 15) is 4.79 Å². The monoisotopic (exact) mass is 388 g/mol. The van der Waals surface area contributed by atoms with Gasteiger partial charge in [-0.15, -0.1) is 0 Å². The van der Waals surface area contributed by atoms with Crippen LogP contribution in [0.25, 0.3) is 5.69 Å². The van der Waals surface area contributed by atoms with Crippen LogP contribution < -0.4 is 5.32 Å². The lowest BCUT2D eigenvalue weighted by Crippen LogP contribution is -2.37. The largest absolute Gasteiger partial charge is 0.348 e. The van der Waals surface area contributed by atoms with Crippen LogP contribution in [0.15, 0.2) is 67.0 Å². The molecular formula is C24H28N4O. The fourth-order valence-corrected chi connectivity index (χ4v) is 3.96.